The van der Waals surface area contributed by atoms with Gasteiger partial charge in [0.1, 0.15) is 11.7 Å². The minimum Gasteiger partial charge on any atom is -0.457 e. The van der Waals surface area contributed by atoms with Crippen molar-refractivity contribution in [3.05, 3.63) is 11.1 Å². The average Bonchev–Trinajstić information content (AvgIpc) is 3.10. The molecule has 3 rings (SSSR count). The second-order valence-electron chi connectivity index (χ2n) is 9.01. The first-order valence-corrected chi connectivity index (χ1v) is 9.22. The zero-order chi connectivity index (χ0) is 18.8. The lowest BCUT2D eigenvalue weighted by molar-refractivity contribution is -0.202. The van der Waals surface area contributed by atoms with Crippen LogP contribution in [-0.4, -0.2) is 40.3 Å². The van der Waals surface area contributed by atoms with Crippen molar-refractivity contribution in [1.29, 1.82) is 0 Å². The number of Topliss-reactive ketones (excluding diaryl/α,β-unsaturated/α-hetero) is 1. The highest BCUT2D eigenvalue weighted by molar-refractivity contribution is 5.97. The van der Waals surface area contributed by atoms with Crippen LogP contribution < -0.4 is 0 Å². The first kappa shape index (κ1) is 18.6. The Balaban J connectivity index is 1.84. The Labute approximate surface area is 149 Å². The Hall–Kier alpha value is -1.20. The topological polar surface area (TPSA) is 76.1 Å². The molecule has 0 spiro atoms. The van der Waals surface area contributed by atoms with E-state index in [2.05, 4.69) is 6.92 Å². The summed E-state index contributed by atoms with van der Waals surface area (Å²) in [5.41, 5.74) is -0.478. The number of ketones is 1. The molecule has 5 heteroatoms. The van der Waals surface area contributed by atoms with Gasteiger partial charge in [0.25, 0.3) is 0 Å². The molecule has 140 valence electrons. The van der Waals surface area contributed by atoms with Crippen molar-refractivity contribution in [2.24, 2.45) is 11.3 Å². The average molecular weight is 350 g/mol. The Morgan fingerprint density at radius 2 is 1.88 bits per heavy atom. The van der Waals surface area contributed by atoms with E-state index in [-0.39, 0.29) is 23.2 Å². The quantitative estimate of drug-likeness (QED) is 0.471. The summed E-state index contributed by atoms with van der Waals surface area (Å²) in [4.78, 5) is 24.9. The van der Waals surface area contributed by atoms with Crippen LogP contribution in [0.3, 0.4) is 0 Å². The van der Waals surface area contributed by atoms with Crippen molar-refractivity contribution in [1.82, 2.24) is 0 Å². The lowest BCUT2D eigenvalue weighted by atomic mass is 9.53. The first-order valence-electron chi connectivity index (χ1n) is 9.22. The molecule has 25 heavy (non-hydrogen) atoms. The first-order chi connectivity index (χ1) is 11.4. The van der Waals surface area contributed by atoms with Gasteiger partial charge in [-0.25, -0.2) is 4.79 Å². The molecule has 6 atom stereocenters. The van der Waals surface area contributed by atoms with Crippen LogP contribution in [0, 0.1) is 11.3 Å². The lowest BCUT2D eigenvalue weighted by Crippen LogP contribution is -2.60. The number of rotatable bonds is 2. The van der Waals surface area contributed by atoms with Gasteiger partial charge in [-0.1, -0.05) is 12.5 Å². The SMILES string of the molecule is CC(C)=C1C[C@@H]2[C@](C)(CC[C@H](OC(=O)[C@@]3(C)O[C@H]3C)[C@@]2(C)O)CC1=O. The van der Waals surface area contributed by atoms with E-state index in [1.54, 1.807) is 13.8 Å². The minimum absolute atomic E-state index is 0.112. The predicted molar refractivity (Wildman–Crippen MR) is 92.9 cm³/mol. The molecule has 0 aromatic rings. The Morgan fingerprint density at radius 3 is 2.40 bits per heavy atom. The summed E-state index contributed by atoms with van der Waals surface area (Å²) in [6.07, 6.45) is 1.60. The highest BCUT2D eigenvalue weighted by atomic mass is 16.7. The molecule has 0 radical (unpaired) electrons. The third kappa shape index (κ3) is 2.85. The van der Waals surface area contributed by atoms with Crippen molar-refractivity contribution in [2.45, 2.75) is 90.6 Å². The molecule has 1 saturated heterocycles. The maximum absolute atomic E-state index is 12.5. The van der Waals surface area contributed by atoms with E-state index in [0.717, 1.165) is 17.6 Å². The maximum atomic E-state index is 12.5. The lowest BCUT2D eigenvalue weighted by Gasteiger charge is -2.55. The zero-order valence-corrected chi connectivity index (χ0v) is 16.1. The number of ether oxygens (including phenoxy) is 2. The Morgan fingerprint density at radius 1 is 1.28 bits per heavy atom. The van der Waals surface area contributed by atoms with Gasteiger partial charge in [0.05, 0.1) is 6.10 Å². The number of allylic oxidation sites excluding steroid dienone is 2. The number of aliphatic hydroxyl groups is 1. The molecule has 3 aliphatic rings. The number of epoxide rings is 1. The van der Waals surface area contributed by atoms with Crippen LogP contribution in [-0.2, 0) is 19.1 Å². The molecule has 2 saturated carbocycles. The summed E-state index contributed by atoms with van der Waals surface area (Å²) in [6, 6.07) is 0. The fourth-order valence-electron chi connectivity index (χ4n) is 4.77. The summed E-state index contributed by atoms with van der Waals surface area (Å²) >= 11 is 0. The molecule has 1 aliphatic heterocycles. The zero-order valence-electron chi connectivity index (χ0n) is 16.1. The van der Waals surface area contributed by atoms with Crippen LogP contribution in [0.2, 0.25) is 0 Å². The van der Waals surface area contributed by atoms with Gasteiger partial charge in [-0.3, -0.25) is 4.79 Å². The van der Waals surface area contributed by atoms with Crippen molar-refractivity contribution in [3.8, 4) is 0 Å². The Bertz CT molecular complexity index is 644. The fraction of sp³-hybridized carbons (Fsp3) is 0.800. The van der Waals surface area contributed by atoms with Gasteiger partial charge in [0.15, 0.2) is 11.4 Å². The fourth-order valence-corrected chi connectivity index (χ4v) is 4.77. The van der Waals surface area contributed by atoms with E-state index in [4.69, 9.17) is 9.47 Å². The second-order valence-corrected chi connectivity index (χ2v) is 9.01. The van der Waals surface area contributed by atoms with E-state index in [0.29, 0.717) is 19.3 Å². The van der Waals surface area contributed by atoms with Crippen molar-refractivity contribution < 1.29 is 24.2 Å². The smallest absolute Gasteiger partial charge is 0.341 e. The number of hydrogen-bond donors (Lipinski definition) is 1. The summed E-state index contributed by atoms with van der Waals surface area (Å²) in [6.45, 7) is 11.3. The Kier molecular flexibility index (Phi) is 4.20. The maximum Gasteiger partial charge on any atom is 0.341 e. The number of carbonyl (C=O) groups excluding carboxylic acids is 2. The number of fused-ring (bicyclic) bond motifs is 1. The van der Waals surface area contributed by atoms with Crippen LogP contribution in [0.4, 0.5) is 0 Å². The normalized spacial score (nSPS) is 46.4. The third-order valence-electron chi connectivity index (χ3n) is 6.88. The molecule has 0 bridgehead atoms. The molecule has 5 nitrogen and oxygen atoms in total. The minimum atomic E-state index is -1.17. The van der Waals surface area contributed by atoms with E-state index in [1.807, 2.05) is 20.8 Å². The largest absolute Gasteiger partial charge is 0.457 e. The van der Waals surface area contributed by atoms with Crippen LogP contribution in [0.1, 0.15) is 67.2 Å². The van der Waals surface area contributed by atoms with Crippen LogP contribution in [0.15, 0.2) is 11.1 Å². The monoisotopic (exact) mass is 350 g/mol. The van der Waals surface area contributed by atoms with Gasteiger partial charge in [-0.2, -0.15) is 0 Å². The van der Waals surface area contributed by atoms with Crippen LogP contribution in [0.5, 0.6) is 0 Å². The van der Waals surface area contributed by atoms with E-state index < -0.39 is 23.3 Å². The molecule has 0 aromatic carbocycles. The highest BCUT2D eigenvalue weighted by Gasteiger charge is 2.61. The molecule has 2 aliphatic carbocycles. The van der Waals surface area contributed by atoms with E-state index in [9.17, 15) is 14.7 Å². The van der Waals surface area contributed by atoms with E-state index >= 15 is 0 Å². The van der Waals surface area contributed by atoms with Gasteiger partial charge in [0.2, 0.25) is 0 Å². The van der Waals surface area contributed by atoms with Gasteiger partial charge >= 0.3 is 5.97 Å². The number of carbonyl (C=O) groups is 2. The number of esters is 1. The van der Waals surface area contributed by atoms with Crippen LogP contribution >= 0.6 is 0 Å². The van der Waals surface area contributed by atoms with E-state index in [1.165, 1.54) is 0 Å². The molecular weight excluding hydrogens is 320 g/mol. The molecular formula is C20H30O5. The molecule has 1 heterocycles. The molecule has 1 N–H and O–H groups in total. The molecule has 0 amide bonds. The summed E-state index contributed by atoms with van der Waals surface area (Å²) in [7, 11) is 0. The molecule has 0 aromatic heterocycles. The standard InChI is InChI=1S/C20H30O5/c1-11(2)13-9-15-18(4,10-14(13)21)8-7-16(19(15,5)23)24-17(22)20(6)12(3)25-20/h12,15-16,23H,7-10H2,1-6H3/t12-,15+,16-,18+,19-,20-/m0/s1. The summed E-state index contributed by atoms with van der Waals surface area (Å²) in [5.74, 6) is -0.319. The van der Waals surface area contributed by atoms with Crippen molar-refractivity contribution in [2.75, 3.05) is 0 Å². The molecule has 3 fully saturated rings. The summed E-state index contributed by atoms with van der Waals surface area (Å²) in [5, 5.41) is 11.3. The second kappa shape index (κ2) is 5.65. The highest BCUT2D eigenvalue weighted by Crippen LogP contribution is 2.55. The predicted octanol–water partition coefficient (Wildman–Crippen LogP) is 2.94. The number of hydrogen-bond acceptors (Lipinski definition) is 5. The van der Waals surface area contributed by atoms with Gasteiger partial charge in [-0.15, -0.1) is 0 Å². The van der Waals surface area contributed by atoms with Gasteiger partial charge < -0.3 is 14.6 Å². The van der Waals surface area contributed by atoms with Gasteiger partial charge in [-0.05, 0) is 64.9 Å². The summed E-state index contributed by atoms with van der Waals surface area (Å²) < 4.78 is 11.1. The van der Waals surface area contributed by atoms with Crippen molar-refractivity contribution in [3.63, 3.8) is 0 Å². The molecule has 0 unspecified atom stereocenters. The third-order valence-corrected chi connectivity index (χ3v) is 6.88. The van der Waals surface area contributed by atoms with Gasteiger partial charge in [0, 0.05) is 12.3 Å². The van der Waals surface area contributed by atoms with Crippen molar-refractivity contribution >= 4 is 11.8 Å². The van der Waals surface area contributed by atoms with Crippen LogP contribution in [0.25, 0.3) is 0 Å².